The van der Waals surface area contributed by atoms with E-state index in [1.165, 1.54) is 43.6 Å². The molecule has 0 atom stereocenters. The topological polar surface area (TPSA) is 26.2 Å². The van der Waals surface area contributed by atoms with Crippen molar-refractivity contribution in [3.63, 3.8) is 0 Å². The Morgan fingerprint density at radius 1 is 0.348 bits per heavy atom. The van der Waals surface area contributed by atoms with Crippen molar-refractivity contribution in [1.29, 1.82) is 0 Å². The van der Waals surface area contributed by atoms with Gasteiger partial charge in [0.25, 0.3) is 0 Å². The second-order valence-electron chi connectivity index (χ2n) is 12.1. The molecule has 4 nitrogen and oxygen atoms in total. The summed E-state index contributed by atoms with van der Waals surface area (Å²) in [6.45, 7) is 0. The maximum absolute atomic E-state index is 6.60. The van der Waals surface area contributed by atoms with E-state index < -0.39 is 0 Å². The van der Waals surface area contributed by atoms with Crippen LogP contribution in [-0.4, -0.2) is 9.13 Å². The Labute approximate surface area is 263 Å². The summed E-state index contributed by atoms with van der Waals surface area (Å²) in [6.07, 6.45) is 0. The molecule has 1 aliphatic rings. The van der Waals surface area contributed by atoms with Crippen LogP contribution < -0.4 is 4.90 Å². The largest absolute Gasteiger partial charge is 0.454 e. The Kier molecular flexibility index (Phi) is 4.55. The molecule has 11 rings (SSSR count). The monoisotopic (exact) mass is 587 g/mol. The predicted octanol–water partition coefficient (Wildman–Crippen LogP) is 11.6. The number of fused-ring (bicyclic) bond motifs is 12. The van der Waals surface area contributed by atoms with Gasteiger partial charge in [-0.2, -0.15) is 0 Å². The number of benzene rings is 7. The summed E-state index contributed by atoms with van der Waals surface area (Å²) in [5.74, 6) is 0. The molecule has 0 saturated carbocycles. The molecule has 10 aromatic rings. The standard InChI is InChI=1S/C42H25N3O/c1-2-12-26(13-3-1)43-33-18-6-4-14-27(33)30-24-25-31-29-16-10-21-36-39(29)45(41(31)40(30)43)35-20-8-7-19-34(35)44(36)37-22-11-17-32-28-15-5-9-23-38(28)46-42(32)37/h1-25H. The number of hydrogen-bond donors (Lipinski definition) is 0. The number of anilines is 3. The predicted molar refractivity (Wildman–Crippen MR) is 191 cm³/mol. The normalized spacial score (nSPS) is 12.7. The molecular formula is C42H25N3O. The smallest absolute Gasteiger partial charge is 0.159 e. The summed E-state index contributed by atoms with van der Waals surface area (Å²) in [5.41, 5.74) is 12.2. The van der Waals surface area contributed by atoms with Crippen molar-refractivity contribution in [1.82, 2.24) is 9.13 Å². The summed E-state index contributed by atoms with van der Waals surface area (Å²) in [7, 11) is 0. The van der Waals surface area contributed by atoms with E-state index in [0.717, 1.165) is 50.4 Å². The van der Waals surface area contributed by atoms with Crippen LogP contribution in [0.25, 0.3) is 76.9 Å². The van der Waals surface area contributed by atoms with Gasteiger partial charge in [-0.05, 0) is 48.5 Å². The zero-order valence-electron chi connectivity index (χ0n) is 24.7. The Morgan fingerprint density at radius 3 is 1.80 bits per heavy atom. The highest BCUT2D eigenvalue weighted by atomic mass is 16.3. The van der Waals surface area contributed by atoms with Crippen LogP contribution in [0.3, 0.4) is 0 Å². The zero-order chi connectivity index (χ0) is 29.9. The molecule has 0 N–H and O–H groups in total. The summed E-state index contributed by atoms with van der Waals surface area (Å²) >= 11 is 0. The SMILES string of the molecule is c1ccc(-n2c3ccccc3c3ccc4c5cccc6c5n(c4c32)-c2ccccc2N6c2cccc3c2oc2ccccc23)cc1. The van der Waals surface area contributed by atoms with E-state index in [9.17, 15) is 0 Å². The Bertz CT molecular complexity index is 2870. The first kappa shape index (κ1) is 24.1. The number of aromatic nitrogens is 2. The van der Waals surface area contributed by atoms with E-state index >= 15 is 0 Å². The number of rotatable bonds is 2. The van der Waals surface area contributed by atoms with Crippen LogP contribution in [0.5, 0.6) is 0 Å². The lowest BCUT2D eigenvalue weighted by molar-refractivity contribution is 0.669. The first-order valence-corrected chi connectivity index (χ1v) is 15.7. The Hall–Kier alpha value is -6.26. The average Bonchev–Trinajstić information content (AvgIpc) is 3.78. The van der Waals surface area contributed by atoms with Gasteiger partial charge in [0.15, 0.2) is 5.58 Å². The van der Waals surface area contributed by atoms with Gasteiger partial charge in [-0.1, -0.05) is 103 Å². The average molecular weight is 588 g/mol. The number of furan rings is 1. The molecule has 0 aliphatic carbocycles. The van der Waals surface area contributed by atoms with Gasteiger partial charge in [-0.3, -0.25) is 0 Å². The van der Waals surface area contributed by atoms with Crippen molar-refractivity contribution in [2.75, 3.05) is 4.90 Å². The number of hydrogen-bond acceptors (Lipinski definition) is 2. The quantitative estimate of drug-likeness (QED) is 0.201. The van der Waals surface area contributed by atoms with Crippen molar-refractivity contribution in [2.24, 2.45) is 0 Å². The maximum atomic E-state index is 6.60. The van der Waals surface area contributed by atoms with Crippen molar-refractivity contribution in [3.8, 4) is 11.4 Å². The fraction of sp³-hybridized carbons (Fsp3) is 0. The zero-order valence-corrected chi connectivity index (χ0v) is 24.7. The third-order valence-corrected chi connectivity index (χ3v) is 9.81. The van der Waals surface area contributed by atoms with Gasteiger partial charge in [0.1, 0.15) is 5.58 Å². The molecule has 3 aromatic heterocycles. The van der Waals surface area contributed by atoms with Gasteiger partial charge in [-0.15, -0.1) is 0 Å². The lowest BCUT2D eigenvalue weighted by Crippen LogP contribution is -2.18. The molecule has 4 heterocycles. The Balaban J connectivity index is 1.33. The molecule has 46 heavy (non-hydrogen) atoms. The van der Waals surface area contributed by atoms with Gasteiger partial charge >= 0.3 is 0 Å². The van der Waals surface area contributed by atoms with Gasteiger partial charge in [0, 0.05) is 38.0 Å². The summed E-state index contributed by atoms with van der Waals surface area (Å²) in [4.78, 5) is 2.39. The molecule has 0 unspecified atom stereocenters. The van der Waals surface area contributed by atoms with Gasteiger partial charge in [-0.25, -0.2) is 0 Å². The minimum Gasteiger partial charge on any atom is -0.454 e. The van der Waals surface area contributed by atoms with Crippen LogP contribution in [0, 0.1) is 0 Å². The minimum atomic E-state index is 0.895. The summed E-state index contributed by atoms with van der Waals surface area (Å²) in [6, 6.07) is 54.4. The fourth-order valence-corrected chi connectivity index (χ4v) is 7.99. The molecular weight excluding hydrogens is 562 g/mol. The van der Waals surface area contributed by atoms with Crippen molar-refractivity contribution in [3.05, 3.63) is 152 Å². The maximum Gasteiger partial charge on any atom is 0.159 e. The first-order chi connectivity index (χ1) is 22.9. The lowest BCUT2D eigenvalue weighted by atomic mass is 10.1. The molecule has 0 radical (unpaired) electrons. The van der Waals surface area contributed by atoms with Crippen molar-refractivity contribution < 1.29 is 4.42 Å². The van der Waals surface area contributed by atoms with E-state index in [2.05, 4.69) is 160 Å². The summed E-state index contributed by atoms with van der Waals surface area (Å²) < 4.78 is 11.5. The van der Waals surface area contributed by atoms with Crippen molar-refractivity contribution >= 4 is 82.6 Å². The highest BCUT2D eigenvalue weighted by Crippen LogP contribution is 2.53. The molecule has 0 saturated heterocycles. The van der Waals surface area contributed by atoms with Gasteiger partial charge in [0.2, 0.25) is 0 Å². The molecule has 0 spiro atoms. The summed E-state index contributed by atoms with van der Waals surface area (Å²) in [5, 5.41) is 7.23. The highest BCUT2D eigenvalue weighted by Gasteiger charge is 2.31. The second-order valence-corrected chi connectivity index (χ2v) is 12.1. The third kappa shape index (κ3) is 2.94. The van der Waals surface area contributed by atoms with Crippen LogP contribution in [0.2, 0.25) is 0 Å². The second kappa shape index (κ2) is 8.68. The molecule has 214 valence electrons. The van der Waals surface area contributed by atoms with E-state index in [4.69, 9.17) is 4.42 Å². The molecule has 7 aromatic carbocycles. The van der Waals surface area contributed by atoms with Crippen LogP contribution in [-0.2, 0) is 0 Å². The van der Waals surface area contributed by atoms with E-state index in [1.54, 1.807) is 0 Å². The molecule has 1 aliphatic heterocycles. The lowest BCUT2D eigenvalue weighted by Gasteiger charge is -2.33. The van der Waals surface area contributed by atoms with Gasteiger partial charge < -0.3 is 18.5 Å². The van der Waals surface area contributed by atoms with Gasteiger partial charge in [0.05, 0.1) is 44.8 Å². The van der Waals surface area contributed by atoms with Crippen molar-refractivity contribution in [2.45, 2.75) is 0 Å². The number of nitrogens with zero attached hydrogens (tertiary/aromatic N) is 3. The third-order valence-electron chi connectivity index (χ3n) is 9.81. The van der Waals surface area contributed by atoms with Crippen LogP contribution in [0.15, 0.2) is 156 Å². The fourth-order valence-electron chi connectivity index (χ4n) is 7.99. The van der Waals surface area contributed by atoms with E-state index in [1.807, 2.05) is 6.07 Å². The van der Waals surface area contributed by atoms with Crippen LogP contribution in [0.1, 0.15) is 0 Å². The van der Waals surface area contributed by atoms with E-state index in [-0.39, 0.29) is 0 Å². The molecule has 4 heteroatoms. The highest BCUT2D eigenvalue weighted by molar-refractivity contribution is 6.26. The van der Waals surface area contributed by atoms with Crippen LogP contribution >= 0.6 is 0 Å². The van der Waals surface area contributed by atoms with Crippen LogP contribution in [0.4, 0.5) is 17.1 Å². The van der Waals surface area contributed by atoms with E-state index in [0.29, 0.717) is 0 Å². The first-order valence-electron chi connectivity index (χ1n) is 15.7. The Morgan fingerprint density at radius 2 is 0.935 bits per heavy atom. The number of para-hydroxylation sites is 7. The molecule has 0 amide bonds. The molecule has 0 bridgehead atoms. The minimum absolute atomic E-state index is 0.895. The molecule has 0 fully saturated rings.